The number of phenolic OH excluding ortho intramolecular Hbond substituents is 1. The number of carbonyl (C=O) groups is 1. The third-order valence-corrected chi connectivity index (χ3v) is 5.72. The molecule has 0 atom stereocenters. The second-order valence-electron chi connectivity index (χ2n) is 8.03. The molecule has 0 unspecified atom stereocenters. The molecule has 3 aromatic carbocycles. The zero-order valence-corrected chi connectivity index (χ0v) is 17.6. The van der Waals surface area contributed by atoms with Crippen molar-refractivity contribution in [2.45, 2.75) is 25.7 Å². The van der Waals surface area contributed by atoms with Gasteiger partial charge in [0.15, 0.2) is 5.82 Å². The summed E-state index contributed by atoms with van der Waals surface area (Å²) in [4.78, 5) is 22.7. The number of fused-ring (bicyclic) bond motifs is 3. The van der Waals surface area contributed by atoms with Crippen molar-refractivity contribution in [1.82, 2.24) is 9.97 Å². The second kappa shape index (κ2) is 8.63. The lowest BCUT2D eigenvalue weighted by Crippen LogP contribution is -2.20. The minimum absolute atomic E-state index is 0.157. The van der Waals surface area contributed by atoms with Crippen molar-refractivity contribution in [3.63, 3.8) is 0 Å². The Morgan fingerprint density at radius 1 is 0.844 bits per heavy atom. The Hall–Kier alpha value is -3.99. The van der Waals surface area contributed by atoms with Gasteiger partial charge in [0.1, 0.15) is 5.75 Å². The fraction of sp³-hybridized carbons (Fsp3) is 0.148. The number of aryl methyl sites for hydroxylation is 2. The zero-order chi connectivity index (χ0) is 21.9. The summed E-state index contributed by atoms with van der Waals surface area (Å²) in [6, 6.07) is 25.1. The van der Waals surface area contributed by atoms with Crippen LogP contribution >= 0.6 is 0 Å². The van der Waals surface area contributed by atoms with Crippen LogP contribution in [0.3, 0.4) is 0 Å². The highest BCUT2D eigenvalue weighted by Crippen LogP contribution is 2.33. The van der Waals surface area contributed by atoms with Gasteiger partial charge in [-0.15, -0.1) is 0 Å². The molecule has 1 aliphatic carbocycles. The number of benzene rings is 3. The van der Waals surface area contributed by atoms with E-state index in [0.29, 0.717) is 12.2 Å². The van der Waals surface area contributed by atoms with Crippen LogP contribution in [0.2, 0.25) is 0 Å². The van der Waals surface area contributed by atoms with Gasteiger partial charge in [0.25, 0.3) is 0 Å². The van der Waals surface area contributed by atoms with Gasteiger partial charge in [-0.1, -0.05) is 66.7 Å². The Labute approximate surface area is 186 Å². The third kappa shape index (κ3) is 4.23. The standard InChI is InChI=1S/C27H23N3O2/c31-21-13-10-19(11-14-21)17-25(32)30-27-24(16-18-6-2-1-3-7-18)28-26-22-9-5-4-8-20(22)12-15-23(26)29-27/h1-11,13-14,31H,12,15-17H2,(H,29,30,32). The molecular formula is C27H23N3O2. The van der Waals surface area contributed by atoms with Gasteiger partial charge in [-0.25, -0.2) is 9.97 Å². The first-order valence-electron chi connectivity index (χ1n) is 10.8. The summed E-state index contributed by atoms with van der Waals surface area (Å²) >= 11 is 0. The van der Waals surface area contributed by atoms with E-state index in [1.165, 1.54) is 5.56 Å². The van der Waals surface area contributed by atoms with Crippen molar-refractivity contribution in [1.29, 1.82) is 0 Å². The van der Waals surface area contributed by atoms with E-state index in [2.05, 4.69) is 35.6 Å². The van der Waals surface area contributed by atoms with E-state index in [1.54, 1.807) is 24.3 Å². The van der Waals surface area contributed by atoms with E-state index < -0.39 is 0 Å². The molecule has 5 rings (SSSR count). The number of carbonyl (C=O) groups excluding carboxylic acids is 1. The smallest absolute Gasteiger partial charge is 0.229 e. The lowest BCUT2D eigenvalue weighted by molar-refractivity contribution is -0.115. The van der Waals surface area contributed by atoms with E-state index in [4.69, 9.17) is 9.97 Å². The van der Waals surface area contributed by atoms with Gasteiger partial charge in [0, 0.05) is 12.0 Å². The lowest BCUT2D eigenvalue weighted by atomic mass is 9.91. The molecule has 4 aromatic rings. The third-order valence-electron chi connectivity index (χ3n) is 5.72. The average molecular weight is 422 g/mol. The molecule has 0 spiro atoms. The van der Waals surface area contributed by atoms with Crippen molar-refractivity contribution >= 4 is 11.7 Å². The summed E-state index contributed by atoms with van der Waals surface area (Å²) in [5.74, 6) is 0.548. The molecule has 158 valence electrons. The van der Waals surface area contributed by atoms with Crippen LogP contribution in [0.5, 0.6) is 5.75 Å². The van der Waals surface area contributed by atoms with Crippen LogP contribution in [-0.4, -0.2) is 21.0 Å². The summed E-state index contributed by atoms with van der Waals surface area (Å²) in [5, 5.41) is 12.5. The molecule has 0 saturated carbocycles. The molecule has 0 aliphatic heterocycles. The van der Waals surface area contributed by atoms with E-state index in [1.807, 2.05) is 24.3 Å². The van der Waals surface area contributed by atoms with Crippen molar-refractivity contribution in [3.05, 3.63) is 107 Å². The Balaban J connectivity index is 1.49. The Morgan fingerprint density at radius 2 is 1.59 bits per heavy atom. The van der Waals surface area contributed by atoms with E-state index in [-0.39, 0.29) is 18.1 Å². The molecule has 0 bridgehead atoms. The van der Waals surface area contributed by atoms with Gasteiger partial charge >= 0.3 is 0 Å². The summed E-state index contributed by atoms with van der Waals surface area (Å²) < 4.78 is 0. The molecule has 1 heterocycles. The Bertz CT molecular complexity index is 1270. The second-order valence-corrected chi connectivity index (χ2v) is 8.03. The molecule has 5 heteroatoms. The minimum Gasteiger partial charge on any atom is -0.508 e. The van der Waals surface area contributed by atoms with Crippen LogP contribution in [0.15, 0.2) is 78.9 Å². The number of rotatable bonds is 5. The van der Waals surface area contributed by atoms with Crippen molar-refractivity contribution in [2.75, 3.05) is 5.32 Å². The zero-order valence-electron chi connectivity index (χ0n) is 17.6. The fourth-order valence-corrected chi connectivity index (χ4v) is 4.11. The molecule has 0 radical (unpaired) electrons. The molecule has 32 heavy (non-hydrogen) atoms. The summed E-state index contributed by atoms with van der Waals surface area (Å²) in [6.07, 6.45) is 2.49. The topological polar surface area (TPSA) is 75.1 Å². The SMILES string of the molecule is O=C(Cc1ccc(O)cc1)Nc1nc2c(nc1Cc1ccccc1)-c1ccccc1CC2. The van der Waals surface area contributed by atoms with E-state index in [0.717, 1.165) is 46.6 Å². The number of anilines is 1. The van der Waals surface area contributed by atoms with E-state index in [9.17, 15) is 9.90 Å². The van der Waals surface area contributed by atoms with Crippen molar-refractivity contribution in [3.8, 4) is 17.0 Å². The van der Waals surface area contributed by atoms with Crippen LogP contribution in [0.25, 0.3) is 11.3 Å². The van der Waals surface area contributed by atoms with Gasteiger partial charge < -0.3 is 10.4 Å². The molecular weight excluding hydrogens is 398 g/mol. The first kappa shape index (κ1) is 19.9. The van der Waals surface area contributed by atoms with Crippen LogP contribution in [0.4, 0.5) is 5.82 Å². The summed E-state index contributed by atoms with van der Waals surface area (Å²) in [7, 11) is 0. The summed E-state index contributed by atoms with van der Waals surface area (Å²) in [5.41, 5.74) is 6.92. The Morgan fingerprint density at radius 3 is 2.41 bits per heavy atom. The van der Waals surface area contributed by atoms with E-state index >= 15 is 0 Å². The normalized spacial score (nSPS) is 12.0. The molecule has 1 aliphatic rings. The number of aromatic nitrogens is 2. The number of hydrogen-bond donors (Lipinski definition) is 2. The predicted octanol–water partition coefficient (Wildman–Crippen LogP) is 4.72. The largest absolute Gasteiger partial charge is 0.508 e. The van der Waals surface area contributed by atoms with Gasteiger partial charge in [-0.3, -0.25) is 4.79 Å². The first-order valence-corrected chi connectivity index (χ1v) is 10.8. The molecule has 1 aromatic heterocycles. The lowest BCUT2D eigenvalue weighted by Gasteiger charge is -2.21. The quantitative estimate of drug-likeness (QED) is 0.489. The van der Waals surface area contributed by atoms with Crippen molar-refractivity contribution < 1.29 is 9.90 Å². The molecule has 5 nitrogen and oxygen atoms in total. The number of hydrogen-bond acceptors (Lipinski definition) is 4. The maximum atomic E-state index is 12.8. The molecule has 0 saturated heterocycles. The number of nitrogens with zero attached hydrogens (tertiary/aromatic N) is 2. The van der Waals surface area contributed by atoms with Crippen LogP contribution < -0.4 is 5.32 Å². The van der Waals surface area contributed by atoms with Crippen LogP contribution in [0.1, 0.15) is 28.1 Å². The van der Waals surface area contributed by atoms with Crippen molar-refractivity contribution in [2.24, 2.45) is 0 Å². The maximum Gasteiger partial charge on any atom is 0.229 e. The number of aromatic hydroxyl groups is 1. The number of amides is 1. The first-order chi connectivity index (χ1) is 15.7. The Kier molecular flexibility index (Phi) is 5.38. The molecule has 1 amide bonds. The highest BCUT2D eigenvalue weighted by Gasteiger charge is 2.22. The number of phenols is 1. The average Bonchev–Trinajstić information content (AvgIpc) is 2.81. The van der Waals surface area contributed by atoms with Gasteiger partial charge in [-0.2, -0.15) is 0 Å². The van der Waals surface area contributed by atoms with Gasteiger partial charge in [0.2, 0.25) is 5.91 Å². The van der Waals surface area contributed by atoms with Crippen LogP contribution in [0, 0.1) is 0 Å². The number of nitrogens with one attached hydrogen (secondary N) is 1. The predicted molar refractivity (Wildman–Crippen MR) is 125 cm³/mol. The maximum absolute atomic E-state index is 12.8. The van der Waals surface area contributed by atoms with Gasteiger partial charge in [0.05, 0.1) is 23.5 Å². The molecule has 2 N–H and O–H groups in total. The minimum atomic E-state index is -0.157. The fourth-order valence-electron chi connectivity index (χ4n) is 4.11. The monoisotopic (exact) mass is 421 g/mol. The summed E-state index contributed by atoms with van der Waals surface area (Å²) in [6.45, 7) is 0. The highest BCUT2D eigenvalue weighted by molar-refractivity contribution is 5.92. The molecule has 0 fully saturated rings. The van der Waals surface area contributed by atoms with Crippen LogP contribution in [-0.2, 0) is 30.5 Å². The highest BCUT2D eigenvalue weighted by atomic mass is 16.3. The van der Waals surface area contributed by atoms with Gasteiger partial charge in [-0.05, 0) is 41.7 Å².